The van der Waals surface area contributed by atoms with Crippen LogP contribution in [-0.2, 0) is 13.0 Å². The Morgan fingerprint density at radius 3 is 3.00 bits per heavy atom. The van der Waals surface area contributed by atoms with Crippen LogP contribution in [0, 0.1) is 0 Å². The zero-order chi connectivity index (χ0) is 8.67. The highest BCUT2D eigenvalue weighted by atomic mass is 16.4. The highest BCUT2D eigenvalue weighted by molar-refractivity contribution is 5.15. The van der Waals surface area contributed by atoms with Crippen molar-refractivity contribution in [2.24, 2.45) is 0 Å². The maximum Gasteiger partial charge on any atom is 0.197 e. The Morgan fingerprint density at radius 2 is 2.31 bits per heavy atom. The Balaban J connectivity index is 1.90. The summed E-state index contributed by atoms with van der Waals surface area (Å²) in [7, 11) is 0. The zero-order valence-electron chi connectivity index (χ0n) is 7.68. The minimum absolute atomic E-state index is 0.630. The largest absolute Gasteiger partial charge is 0.445 e. The van der Waals surface area contributed by atoms with E-state index in [2.05, 4.69) is 10.3 Å². The molecule has 3 heteroatoms. The minimum Gasteiger partial charge on any atom is -0.445 e. The van der Waals surface area contributed by atoms with Crippen LogP contribution in [0.5, 0.6) is 0 Å². The Hall–Kier alpha value is -0.830. The summed E-state index contributed by atoms with van der Waals surface area (Å²) in [5.41, 5.74) is 1.15. The highest BCUT2D eigenvalue weighted by Crippen LogP contribution is 2.36. The molecule has 13 heavy (non-hydrogen) atoms. The van der Waals surface area contributed by atoms with Gasteiger partial charge in [0.2, 0.25) is 0 Å². The van der Waals surface area contributed by atoms with Gasteiger partial charge in [-0.05, 0) is 12.8 Å². The molecule has 2 aliphatic rings. The fourth-order valence-corrected chi connectivity index (χ4v) is 1.98. The Morgan fingerprint density at radius 1 is 1.38 bits per heavy atom. The van der Waals surface area contributed by atoms with Crippen molar-refractivity contribution in [3.8, 4) is 0 Å². The lowest BCUT2D eigenvalue weighted by Crippen LogP contribution is -2.22. The predicted octanol–water partition coefficient (Wildman–Crippen LogP) is 1.59. The molecule has 1 aromatic rings. The van der Waals surface area contributed by atoms with Gasteiger partial charge < -0.3 is 9.73 Å². The first-order chi connectivity index (χ1) is 6.43. The molecular formula is C10H14N2O. The quantitative estimate of drug-likeness (QED) is 0.709. The van der Waals surface area contributed by atoms with Gasteiger partial charge in [0.25, 0.3) is 0 Å². The van der Waals surface area contributed by atoms with Crippen LogP contribution in [0.25, 0.3) is 0 Å². The normalized spacial score (nSPS) is 22.5. The summed E-state index contributed by atoms with van der Waals surface area (Å²) in [4.78, 5) is 4.54. The van der Waals surface area contributed by atoms with E-state index in [1.165, 1.54) is 19.3 Å². The summed E-state index contributed by atoms with van der Waals surface area (Å²) in [6.45, 7) is 1.93. The molecule has 0 spiro atoms. The first-order valence-corrected chi connectivity index (χ1v) is 5.12. The van der Waals surface area contributed by atoms with Crippen LogP contribution < -0.4 is 5.32 Å². The number of oxazole rings is 1. The monoisotopic (exact) mass is 178 g/mol. The van der Waals surface area contributed by atoms with Crippen molar-refractivity contribution in [2.75, 3.05) is 6.54 Å². The molecule has 3 nitrogen and oxygen atoms in total. The van der Waals surface area contributed by atoms with Crippen LogP contribution in [-0.4, -0.2) is 11.5 Å². The fourth-order valence-electron chi connectivity index (χ4n) is 1.98. The second-order valence-corrected chi connectivity index (χ2v) is 3.98. The van der Waals surface area contributed by atoms with Gasteiger partial charge in [-0.25, -0.2) is 4.98 Å². The Kier molecular flexibility index (Phi) is 1.65. The average Bonchev–Trinajstić information content (AvgIpc) is 2.43. The molecule has 0 amide bonds. The third kappa shape index (κ3) is 1.18. The van der Waals surface area contributed by atoms with Gasteiger partial charge in [-0.15, -0.1) is 0 Å². The van der Waals surface area contributed by atoms with Crippen LogP contribution in [0.15, 0.2) is 4.42 Å². The summed E-state index contributed by atoms with van der Waals surface area (Å²) in [6.07, 6.45) is 4.89. The summed E-state index contributed by atoms with van der Waals surface area (Å²) >= 11 is 0. The summed E-state index contributed by atoms with van der Waals surface area (Å²) in [5, 5.41) is 3.31. The van der Waals surface area contributed by atoms with E-state index in [0.29, 0.717) is 5.92 Å². The molecule has 1 saturated carbocycles. The van der Waals surface area contributed by atoms with E-state index >= 15 is 0 Å². The first-order valence-electron chi connectivity index (χ1n) is 5.12. The van der Waals surface area contributed by atoms with E-state index in [-0.39, 0.29) is 0 Å². The van der Waals surface area contributed by atoms with Crippen LogP contribution in [0.4, 0.5) is 0 Å². The SMILES string of the molecule is C1CC(c2nc3c(o2)CCNC3)C1. The van der Waals surface area contributed by atoms with Crippen molar-refractivity contribution < 1.29 is 4.42 Å². The van der Waals surface area contributed by atoms with Crippen LogP contribution >= 0.6 is 0 Å². The van der Waals surface area contributed by atoms with Crippen molar-refractivity contribution in [3.05, 3.63) is 17.3 Å². The number of nitrogens with one attached hydrogen (secondary N) is 1. The summed E-state index contributed by atoms with van der Waals surface area (Å²) in [6, 6.07) is 0. The highest BCUT2D eigenvalue weighted by Gasteiger charge is 2.26. The second-order valence-electron chi connectivity index (χ2n) is 3.98. The molecule has 0 bridgehead atoms. The van der Waals surface area contributed by atoms with Crippen LogP contribution in [0.2, 0.25) is 0 Å². The second kappa shape index (κ2) is 2.84. The molecule has 1 aromatic heterocycles. The summed E-state index contributed by atoms with van der Waals surface area (Å²) in [5.74, 6) is 2.76. The lowest BCUT2D eigenvalue weighted by molar-refractivity contribution is 0.323. The Labute approximate surface area is 77.5 Å². The number of hydrogen-bond acceptors (Lipinski definition) is 3. The van der Waals surface area contributed by atoms with Gasteiger partial charge in [0.1, 0.15) is 5.76 Å². The molecule has 1 aliphatic heterocycles. The number of rotatable bonds is 1. The van der Waals surface area contributed by atoms with Crippen molar-refractivity contribution in [3.63, 3.8) is 0 Å². The van der Waals surface area contributed by atoms with E-state index in [4.69, 9.17) is 4.42 Å². The number of fused-ring (bicyclic) bond motifs is 1. The van der Waals surface area contributed by atoms with Crippen LogP contribution in [0.3, 0.4) is 0 Å². The van der Waals surface area contributed by atoms with Gasteiger partial charge in [0.15, 0.2) is 5.89 Å². The molecule has 3 rings (SSSR count). The third-order valence-corrected chi connectivity index (χ3v) is 3.07. The van der Waals surface area contributed by atoms with Gasteiger partial charge >= 0.3 is 0 Å². The van der Waals surface area contributed by atoms with Gasteiger partial charge in [-0.1, -0.05) is 6.42 Å². The molecule has 0 saturated heterocycles. The third-order valence-electron chi connectivity index (χ3n) is 3.07. The van der Waals surface area contributed by atoms with Crippen molar-refractivity contribution in [1.82, 2.24) is 10.3 Å². The van der Waals surface area contributed by atoms with Gasteiger partial charge in [-0.2, -0.15) is 0 Å². The zero-order valence-corrected chi connectivity index (χ0v) is 7.68. The van der Waals surface area contributed by atoms with E-state index in [1.807, 2.05) is 0 Å². The van der Waals surface area contributed by atoms with E-state index in [9.17, 15) is 0 Å². The first kappa shape index (κ1) is 7.56. The van der Waals surface area contributed by atoms with Gasteiger partial charge in [0, 0.05) is 25.4 Å². The smallest absolute Gasteiger partial charge is 0.197 e. The minimum atomic E-state index is 0.630. The van der Waals surface area contributed by atoms with Crippen molar-refractivity contribution >= 4 is 0 Å². The van der Waals surface area contributed by atoms with Crippen LogP contribution in [0.1, 0.15) is 42.5 Å². The molecule has 1 fully saturated rings. The number of hydrogen-bond donors (Lipinski definition) is 1. The molecule has 2 heterocycles. The standard InChI is InChI=1S/C10H14N2O/c1-2-7(3-1)10-12-8-6-11-5-4-9(8)13-10/h7,11H,1-6H2. The number of aromatic nitrogens is 1. The molecule has 0 atom stereocenters. The predicted molar refractivity (Wildman–Crippen MR) is 48.5 cm³/mol. The lowest BCUT2D eigenvalue weighted by Gasteiger charge is -2.21. The maximum atomic E-state index is 5.76. The topological polar surface area (TPSA) is 38.1 Å². The molecule has 0 radical (unpaired) electrons. The van der Waals surface area contributed by atoms with E-state index < -0.39 is 0 Å². The Bertz CT molecular complexity index is 291. The fraction of sp³-hybridized carbons (Fsp3) is 0.700. The van der Waals surface area contributed by atoms with E-state index in [0.717, 1.165) is 36.9 Å². The maximum absolute atomic E-state index is 5.76. The molecule has 1 aliphatic carbocycles. The average molecular weight is 178 g/mol. The lowest BCUT2D eigenvalue weighted by atomic mass is 9.85. The molecule has 1 N–H and O–H groups in total. The van der Waals surface area contributed by atoms with Crippen molar-refractivity contribution in [2.45, 2.75) is 38.1 Å². The molecule has 70 valence electrons. The number of nitrogens with zero attached hydrogens (tertiary/aromatic N) is 1. The molecule has 0 aromatic carbocycles. The van der Waals surface area contributed by atoms with Gasteiger partial charge in [0.05, 0.1) is 5.69 Å². The van der Waals surface area contributed by atoms with E-state index in [1.54, 1.807) is 0 Å². The van der Waals surface area contributed by atoms with Gasteiger partial charge in [-0.3, -0.25) is 0 Å². The van der Waals surface area contributed by atoms with Crippen molar-refractivity contribution in [1.29, 1.82) is 0 Å². The molecule has 0 unspecified atom stereocenters. The molecular weight excluding hydrogens is 164 g/mol. The summed E-state index contributed by atoms with van der Waals surface area (Å²) < 4.78 is 5.76.